The topological polar surface area (TPSA) is 71.3 Å². The van der Waals surface area contributed by atoms with E-state index in [1.54, 1.807) is 6.07 Å². The molecule has 1 aromatic rings. The number of hydrogen-bond donors (Lipinski definition) is 2. The highest BCUT2D eigenvalue weighted by Crippen LogP contribution is 2.31. The van der Waals surface area contributed by atoms with Crippen LogP contribution in [0.25, 0.3) is 0 Å². The van der Waals surface area contributed by atoms with Gasteiger partial charge in [0.15, 0.2) is 0 Å². The Balaban J connectivity index is 1.63. The molecule has 0 amide bonds. The maximum absolute atomic E-state index is 12.0. The number of furan rings is 1. The first-order valence-corrected chi connectivity index (χ1v) is 7.87. The van der Waals surface area contributed by atoms with Gasteiger partial charge in [-0.05, 0) is 37.3 Å². The first kappa shape index (κ1) is 12.2. The monoisotopic (exact) mass is 270 g/mol. The van der Waals surface area contributed by atoms with E-state index in [2.05, 4.69) is 10.0 Å². The molecule has 2 saturated carbocycles. The van der Waals surface area contributed by atoms with E-state index in [9.17, 15) is 8.42 Å². The van der Waals surface area contributed by atoms with Crippen LogP contribution in [0.5, 0.6) is 0 Å². The average Bonchev–Trinajstić information content (AvgIpc) is 3.19. The summed E-state index contributed by atoms with van der Waals surface area (Å²) in [5.41, 5.74) is 0. The lowest BCUT2D eigenvalue weighted by Gasteiger charge is -2.02. The second kappa shape index (κ2) is 4.36. The van der Waals surface area contributed by atoms with Crippen LogP contribution >= 0.6 is 0 Å². The molecule has 100 valence electrons. The molecule has 2 N–H and O–H groups in total. The molecule has 6 heteroatoms. The molecule has 2 fully saturated rings. The van der Waals surface area contributed by atoms with Crippen molar-refractivity contribution >= 4 is 10.0 Å². The molecule has 1 heterocycles. The molecule has 0 spiro atoms. The van der Waals surface area contributed by atoms with Crippen molar-refractivity contribution in [2.24, 2.45) is 5.92 Å². The first-order chi connectivity index (χ1) is 8.54. The van der Waals surface area contributed by atoms with E-state index in [-0.39, 0.29) is 11.1 Å². The molecule has 0 aliphatic heterocycles. The molecule has 0 saturated heterocycles. The Hall–Kier alpha value is -0.850. The van der Waals surface area contributed by atoms with Crippen LogP contribution in [0.1, 0.15) is 31.9 Å². The fraction of sp³-hybridized carbons (Fsp3) is 0.667. The van der Waals surface area contributed by atoms with Gasteiger partial charge in [-0.3, -0.25) is 0 Å². The van der Waals surface area contributed by atoms with Crippen LogP contribution in [-0.2, 0) is 16.6 Å². The third-order valence-corrected chi connectivity index (χ3v) is 4.82. The predicted octanol–water partition coefficient (Wildman–Crippen LogP) is 1.22. The van der Waals surface area contributed by atoms with Gasteiger partial charge in [0.2, 0.25) is 5.09 Å². The molecule has 2 aliphatic rings. The normalized spacial score (nSPS) is 27.4. The van der Waals surface area contributed by atoms with Gasteiger partial charge in [-0.2, -0.15) is 0 Å². The molecule has 0 radical (unpaired) electrons. The van der Waals surface area contributed by atoms with E-state index in [1.807, 2.05) is 6.92 Å². The minimum Gasteiger partial charge on any atom is -0.447 e. The largest absolute Gasteiger partial charge is 0.447 e. The number of nitrogens with one attached hydrogen (secondary N) is 2. The van der Waals surface area contributed by atoms with Gasteiger partial charge in [-0.15, -0.1) is 0 Å². The molecule has 5 nitrogen and oxygen atoms in total. The Morgan fingerprint density at radius 1 is 1.39 bits per heavy atom. The molecule has 2 aliphatic carbocycles. The Labute approximate surface area is 107 Å². The molecule has 2 atom stereocenters. The van der Waals surface area contributed by atoms with E-state index in [0.717, 1.165) is 6.42 Å². The van der Waals surface area contributed by atoms with Crippen LogP contribution < -0.4 is 10.0 Å². The molecule has 0 aromatic carbocycles. The van der Waals surface area contributed by atoms with Gasteiger partial charge in [-0.25, -0.2) is 13.1 Å². The number of hydrogen-bond acceptors (Lipinski definition) is 4. The lowest BCUT2D eigenvalue weighted by atomic mass is 10.4. The molecule has 18 heavy (non-hydrogen) atoms. The van der Waals surface area contributed by atoms with E-state index < -0.39 is 10.0 Å². The van der Waals surface area contributed by atoms with Crippen molar-refractivity contribution in [3.63, 3.8) is 0 Å². The summed E-state index contributed by atoms with van der Waals surface area (Å²) in [5, 5.41) is 3.31. The fourth-order valence-corrected chi connectivity index (χ4v) is 3.18. The summed E-state index contributed by atoms with van der Waals surface area (Å²) in [6.07, 6.45) is 3.32. The SMILES string of the molecule is CC1CC1NS(=O)(=O)c1ccc(CNC2CC2)o1. The van der Waals surface area contributed by atoms with Crippen LogP contribution in [0.2, 0.25) is 0 Å². The van der Waals surface area contributed by atoms with Crippen LogP contribution in [0.15, 0.2) is 21.6 Å². The van der Waals surface area contributed by atoms with Crippen molar-refractivity contribution in [3.8, 4) is 0 Å². The summed E-state index contributed by atoms with van der Waals surface area (Å²) in [7, 11) is -3.48. The third kappa shape index (κ3) is 2.76. The van der Waals surface area contributed by atoms with Crippen molar-refractivity contribution < 1.29 is 12.8 Å². The smallest absolute Gasteiger partial charge is 0.274 e. The Morgan fingerprint density at radius 3 is 2.72 bits per heavy atom. The van der Waals surface area contributed by atoms with E-state index in [4.69, 9.17) is 4.42 Å². The van der Waals surface area contributed by atoms with E-state index >= 15 is 0 Å². The Morgan fingerprint density at radius 2 is 2.11 bits per heavy atom. The lowest BCUT2D eigenvalue weighted by molar-refractivity contribution is 0.399. The highest BCUT2D eigenvalue weighted by Gasteiger charge is 2.37. The van der Waals surface area contributed by atoms with Crippen LogP contribution in [0, 0.1) is 5.92 Å². The third-order valence-electron chi connectivity index (χ3n) is 3.46. The second-order valence-electron chi connectivity index (χ2n) is 5.32. The van der Waals surface area contributed by atoms with Gasteiger partial charge in [0.25, 0.3) is 10.0 Å². The quantitative estimate of drug-likeness (QED) is 0.815. The van der Waals surface area contributed by atoms with Gasteiger partial charge in [0, 0.05) is 12.1 Å². The minimum atomic E-state index is -3.48. The Kier molecular flexibility index (Phi) is 2.96. The molecule has 1 aromatic heterocycles. The van der Waals surface area contributed by atoms with Gasteiger partial charge in [0.05, 0.1) is 6.54 Å². The summed E-state index contributed by atoms with van der Waals surface area (Å²) in [5.74, 6) is 1.11. The van der Waals surface area contributed by atoms with Crippen LogP contribution in [-0.4, -0.2) is 20.5 Å². The predicted molar refractivity (Wildman–Crippen MR) is 66.5 cm³/mol. The van der Waals surface area contributed by atoms with Gasteiger partial charge in [-0.1, -0.05) is 6.92 Å². The summed E-state index contributed by atoms with van der Waals surface area (Å²) >= 11 is 0. The van der Waals surface area contributed by atoms with Crippen LogP contribution in [0.3, 0.4) is 0 Å². The van der Waals surface area contributed by atoms with Crippen LogP contribution in [0.4, 0.5) is 0 Å². The van der Waals surface area contributed by atoms with E-state index in [0.29, 0.717) is 24.3 Å². The summed E-state index contributed by atoms with van der Waals surface area (Å²) < 4.78 is 32.0. The summed E-state index contributed by atoms with van der Waals surface area (Å²) in [6.45, 7) is 2.63. The van der Waals surface area contributed by atoms with Crippen molar-refractivity contribution in [2.45, 2.75) is 49.9 Å². The Bertz CT molecular complexity index is 533. The molecule has 0 bridgehead atoms. The molecule has 2 unspecified atom stereocenters. The zero-order chi connectivity index (χ0) is 12.8. The number of rotatable bonds is 6. The van der Waals surface area contributed by atoms with Gasteiger partial charge < -0.3 is 9.73 Å². The van der Waals surface area contributed by atoms with Gasteiger partial charge >= 0.3 is 0 Å². The minimum absolute atomic E-state index is 0.0224. The molecule has 3 rings (SSSR count). The second-order valence-corrected chi connectivity index (χ2v) is 6.96. The number of sulfonamides is 1. The zero-order valence-corrected chi connectivity index (χ0v) is 11.2. The maximum atomic E-state index is 12.0. The van der Waals surface area contributed by atoms with Crippen molar-refractivity contribution in [1.82, 2.24) is 10.0 Å². The van der Waals surface area contributed by atoms with Crippen molar-refractivity contribution in [3.05, 3.63) is 17.9 Å². The average molecular weight is 270 g/mol. The molecular weight excluding hydrogens is 252 g/mol. The highest BCUT2D eigenvalue weighted by molar-refractivity contribution is 7.89. The fourth-order valence-electron chi connectivity index (χ4n) is 1.87. The maximum Gasteiger partial charge on any atom is 0.274 e. The van der Waals surface area contributed by atoms with Gasteiger partial charge in [0.1, 0.15) is 5.76 Å². The van der Waals surface area contributed by atoms with Crippen molar-refractivity contribution in [1.29, 1.82) is 0 Å². The zero-order valence-electron chi connectivity index (χ0n) is 10.3. The van der Waals surface area contributed by atoms with Crippen molar-refractivity contribution in [2.75, 3.05) is 0 Å². The van der Waals surface area contributed by atoms with E-state index in [1.165, 1.54) is 18.9 Å². The first-order valence-electron chi connectivity index (χ1n) is 6.39. The lowest BCUT2D eigenvalue weighted by Crippen LogP contribution is -2.26. The standard InChI is InChI=1S/C12H18N2O3S/c1-8-6-11(8)14-18(15,16)12-5-4-10(17-12)7-13-9-2-3-9/h4-5,8-9,11,13-14H,2-3,6-7H2,1H3. The summed E-state index contributed by atoms with van der Waals surface area (Å²) in [4.78, 5) is 0. The highest BCUT2D eigenvalue weighted by atomic mass is 32.2. The molecular formula is C12H18N2O3S. The summed E-state index contributed by atoms with van der Waals surface area (Å²) in [6, 6.07) is 3.91.